The van der Waals surface area contributed by atoms with Crippen LogP contribution >= 0.6 is 0 Å². The summed E-state index contributed by atoms with van der Waals surface area (Å²) in [7, 11) is 1.50. The first-order chi connectivity index (χ1) is 10.9. The summed E-state index contributed by atoms with van der Waals surface area (Å²) in [6.45, 7) is 4.79. The van der Waals surface area contributed by atoms with Crippen molar-refractivity contribution in [2.75, 3.05) is 13.1 Å². The van der Waals surface area contributed by atoms with Crippen molar-refractivity contribution in [2.45, 2.75) is 26.1 Å². The van der Waals surface area contributed by atoms with Gasteiger partial charge in [0.05, 0.1) is 17.6 Å². The highest BCUT2D eigenvalue weighted by Crippen LogP contribution is 2.14. The molecule has 0 radical (unpaired) electrons. The van der Waals surface area contributed by atoms with Gasteiger partial charge < -0.3 is 9.64 Å². The lowest BCUT2D eigenvalue weighted by atomic mass is 10.2. The van der Waals surface area contributed by atoms with Gasteiger partial charge in [0, 0.05) is 20.1 Å². The van der Waals surface area contributed by atoms with Crippen molar-refractivity contribution < 1.29 is 9.53 Å². The largest absolute Gasteiger partial charge is 0.372 e. The maximum atomic E-state index is 12.7. The first kappa shape index (κ1) is 15.4. The molecule has 3 rings (SSSR count). The Labute approximate surface area is 131 Å². The lowest BCUT2D eigenvalue weighted by Crippen LogP contribution is -2.48. The number of aromatic amines is 1. The number of nitrogens with zero attached hydrogens (tertiary/aromatic N) is 3. The van der Waals surface area contributed by atoms with Crippen molar-refractivity contribution >= 4 is 16.9 Å². The number of fused-ring (bicyclic) bond motifs is 1. The van der Waals surface area contributed by atoms with Crippen LogP contribution in [0.3, 0.4) is 0 Å². The summed E-state index contributed by atoms with van der Waals surface area (Å²) in [6, 6.07) is 3.02. The standard InChI is InChI=1S/C15H18N4O4/c1-8-6-19(7-9(2)23-8)14(21)11-5-4-10-12(16-11)18(3)15(22)17-13(10)20/h4-5,8-9H,6-7H2,1-3H3,(H,17,20,22). The molecule has 1 aliphatic heterocycles. The van der Waals surface area contributed by atoms with Crippen LogP contribution < -0.4 is 11.2 Å². The molecule has 2 unspecified atom stereocenters. The van der Waals surface area contributed by atoms with Crippen LogP contribution in [-0.4, -0.2) is 50.6 Å². The summed E-state index contributed by atoms with van der Waals surface area (Å²) in [5, 5.41) is 0.271. The lowest BCUT2D eigenvalue weighted by molar-refractivity contribution is -0.0587. The average Bonchev–Trinajstić information content (AvgIpc) is 2.50. The molecule has 2 atom stereocenters. The number of carbonyl (C=O) groups excluding carboxylic acids is 1. The van der Waals surface area contributed by atoms with Crippen molar-refractivity contribution in [3.63, 3.8) is 0 Å². The summed E-state index contributed by atoms with van der Waals surface area (Å²) in [6.07, 6.45) is -0.0919. The summed E-state index contributed by atoms with van der Waals surface area (Å²) in [5.74, 6) is -0.235. The summed E-state index contributed by atoms with van der Waals surface area (Å²) >= 11 is 0. The Morgan fingerprint density at radius 3 is 2.57 bits per heavy atom. The maximum Gasteiger partial charge on any atom is 0.329 e. The predicted octanol–water partition coefficient (Wildman–Crippen LogP) is -0.129. The van der Waals surface area contributed by atoms with Gasteiger partial charge in [-0.2, -0.15) is 0 Å². The number of aryl methyl sites for hydroxylation is 1. The van der Waals surface area contributed by atoms with Crippen LogP contribution in [0.2, 0.25) is 0 Å². The minimum atomic E-state index is -0.562. The van der Waals surface area contributed by atoms with Crippen LogP contribution in [0, 0.1) is 0 Å². The first-order valence-corrected chi connectivity index (χ1v) is 7.41. The fourth-order valence-electron chi connectivity index (χ4n) is 2.85. The van der Waals surface area contributed by atoms with Crippen molar-refractivity contribution in [3.05, 3.63) is 38.7 Å². The Hall–Kier alpha value is -2.48. The number of nitrogens with one attached hydrogen (secondary N) is 1. The number of H-pyrrole nitrogens is 1. The maximum absolute atomic E-state index is 12.7. The third kappa shape index (κ3) is 2.77. The van der Waals surface area contributed by atoms with E-state index in [4.69, 9.17) is 4.74 Å². The predicted molar refractivity (Wildman–Crippen MR) is 83.5 cm³/mol. The van der Waals surface area contributed by atoms with Gasteiger partial charge >= 0.3 is 5.69 Å². The molecular weight excluding hydrogens is 300 g/mol. The Kier molecular flexibility index (Phi) is 3.77. The normalized spacial score (nSPS) is 21.6. The Morgan fingerprint density at radius 2 is 1.91 bits per heavy atom. The van der Waals surface area contributed by atoms with Gasteiger partial charge in [0.1, 0.15) is 11.3 Å². The van der Waals surface area contributed by atoms with E-state index in [9.17, 15) is 14.4 Å². The van der Waals surface area contributed by atoms with Gasteiger partial charge in [-0.15, -0.1) is 0 Å². The monoisotopic (exact) mass is 318 g/mol. The molecule has 8 nitrogen and oxygen atoms in total. The van der Waals surface area contributed by atoms with Crippen LogP contribution in [-0.2, 0) is 11.8 Å². The van der Waals surface area contributed by atoms with Crippen molar-refractivity contribution in [2.24, 2.45) is 7.05 Å². The highest BCUT2D eigenvalue weighted by molar-refractivity contribution is 5.94. The van der Waals surface area contributed by atoms with E-state index in [1.54, 1.807) is 4.90 Å². The molecule has 0 aromatic carbocycles. The van der Waals surface area contributed by atoms with Crippen LogP contribution in [0.5, 0.6) is 0 Å². The fraction of sp³-hybridized carbons (Fsp3) is 0.467. The molecule has 1 aliphatic rings. The van der Waals surface area contributed by atoms with Crippen LogP contribution in [0.15, 0.2) is 21.7 Å². The van der Waals surface area contributed by atoms with Crippen LogP contribution in [0.4, 0.5) is 0 Å². The number of rotatable bonds is 1. The quantitative estimate of drug-likeness (QED) is 0.790. The highest BCUT2D eigenvalue weighted by atomic mass is 16.5. The van der Waals surface area contributed by atoms with E-state index < -0.39 is 11.2 Å². The number of morpholine rings is 1. The van der Waals surface area contributed by atoms with E-state index >= 15 is 0 Å². The second kappa shape index (κ2) is 5.62. The van der Waals surface area contributed by atoms with E-state index in [0.29, 0.717) is 13.1 Å². The van der Waals surface area contributed by atoms with E-state index in [1.165, 1.54) is 23.7 Å². The molecule has 1 N–H and O–H groups in total. The molecule has 0 saturated carbocycles. The highest BCUT2D eigenvalue weighted by Gasteiger charge is 2.27. The molecule has 122 valence electrons. The van der Waals surface area contributed by atoms with E-state index in [-0.39, 0.29) is 34.8 Å². The Bertz CT molecular complexity index is 875. The zero-order valence-corrected chi connectivity index (χ0v) is 13.2. The smallest absolute Gasteiger partial charge is 0.329 e. The molecule has 0 aliphatic carbocycles. The van der Waals surface area contributed by atoms with E-state index in [0.717, 1.165) is 0 Å². The summed E-state index contributed by atoms with van der Waals surface area (Å²) in [5.41, 5.74) is -0.671. The van der Waals surface area contributed by atoms with E-state index in [2.05, 4.69) is 9.97 Å². The van der Waals surface area contributed by atoms with Gasteiger partial charge in [0.25, 0.3) is 11.5 Å². The summed E-state index contributed by atoms with van der Waals surface area (Å²) < 4.78 is 6.84. The second-order valence-corrected chi connectivity index (χ2v) is 5.85. The first-order valence-electron chi connectivity index (χ1n) is 7.41. The molecule has 1 amide bonds. The number of pyridine rings is 1. The zero-order valence-electron chi connectivity index (χ0n) is 13.2. The molecule has 3 heterocycles. The molecule has 8 heteroatoms. The zero-order chi connectivity index (χ0) is 16.7. The van der Waals surface area contributed by atoms with Crippen molar-refractivity contribution in [1.29, 1.82) is 0 Å². The third-order valence-electron chi connectivity index (χ3n) is 3.89. The fourth-order valence-corrected chi connectivity index (χ4v) is 2.85. The molecule has 2 aromatic rings. The SMILES string of the molecule is CC1CN(C(=O)c2ccc3c(=O)[nH]c(=O)n(C)c3n2)CC(C)O1. The second-order valence-electron chi connectivity index (χ2n) is 5.85. The molecule has 1 fully saturated rings. The molecule has 0 spiro atoms. The van der Waals surface area contributed by atoms with Gasteiger partial charge in [0.15, 0.2) is 0 Å². The van der Waals surface area contributed by atoms with Crippen molar-refractivity contribution in [1.82, 2.24) is 19.4 Å². The lowest BCUT2D eigenvalue weighted by Gasteiger charge is -2.35. The number of hydrogen-bond donors (Lipinski definition) is 1. The molecular formula is C15H18N4O4. The average molecular weight is 318 g/mol. The minimum absolute atomic E-state index is 0.0460. The van der Waals surface area contributed by atoms with Gasteiger partial charge in [-0.25, -0.2) is 9.78 Å². The van der Waals surface area contributed by atoms with E-state index in [1.807, 2.05) is 13.8 Å². The molecule has 0 bridgehead atoms. The third-order valence-corrected chi connectivity index (χ3v) is 3.89. The van der Waals surface area contributed by atoms with Gasteiger partial charge in [-0.1, -0.05) is 0 Å². The minimum Gasteiger partial charge on any atom is -0.372 e. The number of amides is 1. The molecule has 1 saturated heterocycles. The Morgan fingerprint density at radius 1 is 1.26 bits per heavy atom. The molecule has 2 aromatic heterocycles. The van der Waals surface area contributed by atoms with Crippen molar-refractivity contribution in [3.8, 4) is 0 Å². The van der Waals surface area contributed by atoms with Gasteiger partial charge in [0.2, 0.25) is 0 Å². The topological polar surface area (TPSA) is 97.3 Å². The number of hydrogen-bond acceptors (Lipinski definition) is 5. The Balaban J connectivity index is 2.03. The van der Waals surface area contributed by atoms with Crippen LogP contribution in [0.1, 0.15) is 24.3 Å². The summed E-state index contributed by atoms with van der Waals surface area (Å²) in [4.78, 5) is 44.2. The van der Waals surface area contributed by atoms with Crippen LogP contribution in [0.25, 0.3) is 11.0 Å². The van der Waals surface area contributed by atoms with Gasteiger partial charge in [-0.05, 0) is 26.0 Å². The number of carbonyl (C=O) groups is 1. The molecule has 23 heavy (non-hydrogen) atoms. The van der Waals surface area contributed by atoms with Gasteiger partial charge in [-0.3, -0.25) is 19.1 Å². The number of ether oxygens (including phenoxy) is 1. The number of aromatic nitrogens is 3.